The minimum absolute atomic E-state index is 0.0356. The van der Waals surface area contributed by atoms with E-state index in [1.807, 2.05) is 17.7 Å². The van der Waals surface area contributed by atoms with Crippen LogP contribution in [0.25, 0.3) is 6.08 Å². The fourth-order valence-corrected chi connectivity index (χ4v) is 1.76. The number of rotatable bonds is 5. The molecule has 0 aliphatic heterocycles. The van der Waals surface area contributed by atoms with Gasteiger partial charge in [-0.05, 0) is 49.4 Å². The minimum atomic E-state index is -0.0356. The van der Waals surface area contributed by atoms with Crippen molar-refractivity contribution in [1.82, 2.24) is 9.78 Å². The van der Waals surface area contributed by atoms with E-state index in [0.717, 1.165) is 18.0 Å². The van der Waals surface area contributed by atoms with Gasteiger partial charge >= 0.3 is 0 Å². The molecule has 0 atom stereocenters. The third-order valence-corrected chi connectivity index (χ3v) is 2.83. The van der Waals surface area contributed by atoms with Gasteiger partial charge in [0, 0.05) is 18.3 Å². The lowest BCUT2D eigenvalue weighted by Gasteiger charge is -2.01. The summed E-state index contributed by atoms with van der Waals surface area (Å²) in [6.45, 7) is 2.79. The van der Waals surface area contributed by atoms with Crippen LogP contribution in [0.1, 0.15) is 23.0 Å². The Balaban J connectivity index is 2.12. The van der Waals surface area contributed by atoms with E-state index in [0.29, 0.717) is 5.56 Å². The van der Waals surface area contributed by atoms with Crippen molar-refractivity contribution in [2.24, 2.45) is 0 Å². The van der Waals surface area contributed by atoms with Gasteiger partial charge in [-0.2, -0.15) is 5.10 Å². The number of nitrogens with zero attached hydrogens (tertiary/aromatic N) is 2. The largest absolute Gasteiger partial charge is 0.497 e. The minimum Gasteiger partial charge on any atom is -0.497 e. The van der Waals surface area contributed by atoms with Crippen molar-refractivity contribution in [2.45, 2.75) is 13.5 Å². The molecule has 0 amide bonds. The predicted octanol–water partition coefficient (Wildman–Crippen LogP) is 2.81. The van der Waals surface area contributed by atoms with Crippen molar-refractivity contribution in [3.05, 3.63) is 53.9 Å². The molecule has 0 bridgehead atoms. The highest BCUT2D eigenvalue weighted by Crippen LogP contribution is 2.12. The van der Waals surface area contributed by atoms with E-state index < -0.39 is 0 Å². The standard InChI is InChI=1S/C15H16N2O2/c1-3-17-13(10-11-16-17)6-9-15(18)12-4-7-14(19-2)8-5-12/h4-11H,3H2,1-2H3/b9-6+. The maximum Gasteiger partial charge on any atom is 0.185 e. The van der Waals surface area contributed by atoms with Crippen LogP contribution in [0.5, 0.6) is 5.75 Å². The molecule has 0 aliphatic rings. The number of ketones is 1. The van der Waals surface area contributed by atoms with Gasteiger partial charge in [-0.3, -0.25) is 9.48 Å². The number of aromatic nitrogens is 2. The van der Waals surface area contributed by atoms with Crippen molar-refractivity contribution in [3.8, 4) is 5.75 Å². The zero-order valence-corrected chi connectivity index (χ0v) is 11.0. The smallest absolute Gasteiger partial charge is 0.185 e. The summed E-state index contributed by atoms with van der Waals surface area (Å²) < 4.78 is 6.89. The number of allylic oxidation sites excluding steroid dienone is 1. The highest BCUT2D eigenvalue weighted by molar-refractivity contribution is 6.06. The molecule has 0 N–H and O–H groups in total. The van der Waals surface area contributed by atoms with E-state index in [2.05, 4.69) is 5.10 Å². The molecule has 19 heavy (non-hydrogen) atoms. The number of carbonyl (C=O) groups excluding carboxylic acids is 1. The van der Waals surface area contributed by atoms with Gasteiger partial charge in [0.25, 0.3) is 0 Å². The van der Waals surface area contributed by atoms with E-state index in [1.54, 1.807) is 49.7 Å². The number of benzene rings is 1. The van der Waals surface area contributed by atoms with Crippen molar-refractivity contribution in [2.75, 3.05) is 7.11 Å². The van der Waals surface area contributed by atoms with Crippen molar-refractivity contribution >= 4 is 11.9 Å². The molecule has 0 saturated carbocycles. The normalized spacial score (nSPS) is 10.8. The van der Waals surface area contributed by atoms with Crippen LogP contribution >= 0.6 is 0 Å². The number of hydrogen-bond donors (Lipinski definition) is 0. The van der Waals surface area contributed by atoms with E-state index in [-0.39, 0.29) is 5.78 Å². The SMILES string of the molecule is CCn1nccc1/C=C/C(=O)c1ccc(OC)cc1. The number of hydrogen-bond acceptors (Lipinski definition) is 3. The molecule has 98 valence electrons. The Kier molecular flexibility index (Phi) is 4.13. The summed E-state index contributed by atoms with van der Waals surface area (Å²) in [6, 6.07) is 8.93. The van der Waals surface area contributed by atoms with Gasteiger partial charge in [-0.1, -0.05) is 0 Å². The van der Waals surface area contributed by atoms with Crippen LogP contribution in [-0.4, -0.2) is 22.7 Å². The van der Waals surface area contributed by atoms with Crippen molar-refractivity contribution in [3.63, 3.8) is 0 Å². The lowest BCUT2D eigenvalue weighted by atomic mass is 10.1. The molecule has 0 saturated heterocycles. The molecule has 1 heterocycles. The topological polar surface area (TPSA) is 44.1 Å². The van der Waals surface area contributed by atoms with Crippen LogP contribution in [0.2, 0.25) is 0 Å². The van der Waals surface area contributed by atoms with E-state index in [4.69, 9.17) is 4.74 Å². The van der Waals surface area contributed by atoms with Crippen LogP contribution in [0.4, 0.5) is 0 Å². The number of ether oxygens (including phenoxy) is 1. The molecule has 0 fully saturated rings. The Labute approximate surface area is 112 Å². The summed E-state index contributed by atoms with van der Waals surface area (Å²) in [6.07, 6.45) is 5.06. The summed E-state index contributed by atoms with van der Waals surface area (Å²) in [7, 11) is 1.60. The lowest BCUT2D eigenvalue weighted by molar-refractivity contribution is 0.104. The molecule has 4 heteroatoms. The first-order chi connectivity index (χ1) is 9.24. The molecule has 0 unspecified atom stereocenters. The highest BCUT2D eigenvalue weighted by Gasteiger charge is 2.02. The Morgan fingerprint density at radius 3 is 2.68 bits per heavy atom. The van der Waals surface area contributed by atoms with Gasteiger partial charge in [-0.15, -0.1) is 0 Å². The second-order valence-corrected chi connectivity index (χ2v) is 4.00. The van der Waals surface area contributed by atoms with Gasteiger partial charge < -0.3 is 4.74 Å². The van der Waals surface area contributed by atoms with Crippen LogP contribution in [0.3, 0.4) is 0 Å². The third kappa shape index (κ3) is 3.10. The van der Waals surface area contributed by atoms with Crippen LogP contribution in [0.15, 0.2) is 42.6 Å². The summed E-state index contributed by atoms with van der Waals surface area (Å²) >= 11 is 0. The molecule has 2 aromatic rings. The fraction of sp³-hybridized carbons (Fsp3) is 0.200. The average molecular weight is 256 g/mol. The monoisotopic (exact) mass is 256 g/mol. The maximum atomic E-state index is 12.0. The zero-order valence-electron chi connectivity index (χ0n) is 11.0. The molecule has 1 aromatic heterocycles. The predicted molar refractivity (Wildman–Crippen MR) is 74.3 cm³/mol. The van der Waals surface area contributed by atoms with Gasteiger partial charge in [-0.25, -0.2) is 0 Å². The van der Waals surface area contributed by atoms with Crippen LogP contribution < -0.4 is 4.74 Å². The Hall–Kier alpha value is -2.36. The van der Waals surface area contributed by atoms with Gasteiger partial charge in [0.15, 0.2) is 5.78 Å². The molecule has 0 radical (unpaired) electrons. The Bertz CT molecular complexity index is 582. The second-order valence-electron chi connectivity index (χ2n) is 4.00. The van der Waals surface area contributed by atoms with Gasteiger partial charge in [0.05, 0.1) is 12.8 Å². The first-order valence-electron chi connectivity index (χ1n) is 6.13. The quantitative estimate of drug-likeness (QED) is 0.610. The summed E-state index contributed by atoms with van der Waals surface area (Å²) in [5.41, 5.74) is 1.56. The van der Waals surface area contributed by atoms with Crippen molar-refractivity contribution in [1.29, 1.82) is 0 Å². The maximum absolute atomic E-state index is 12.0. The molecule has 0 aliphatic carbocycles. The first-order valence-corrected chi connectivity index (χ1v) is 6.13. The first kappa shape index (κ1) is 13.1. The number of carbonyl (C=O) groups is 1. The van der Waals surface area contributed by atoms with Crippen molar-refractivity contribution < 1.29 is 9.53 Å². The molecule has 1 aromatic carbocycles. The molecular weight excluding hydrogens is 240 g/mol. The summed E-state index contributed by atoms with van der Waals surface area (Å²) in [5, 5.41) is 4.15. The summed E-state index contributed by atoms with van der Waals surface area (Å²) in [4.78, 5) is 12.0. The van der Waals surface area contributed by atoms with Gasteiger partial charge in [0.2, 0.25) is 0 Å². The fourth-order valence-electron chi connectivity index (χ4n) is 1.76. The van der Waals surface area contributed by atoms with E-state index >= 15 is 0 Å². The Morgan fingerprint density at radius 2 is 2.05 bits per heavy atom. The number of methoxy groups -OCH3 is 1. The average Bonchev–Trinajstić information content (AvgIpc) is 2.92. The van der Waals surface area contributed by atoms with Gasteiger partial charge in [0.1, 0.15) is 5.75 Å². The number of aryl methyl sites for hydroxylation is 1. The molecule has 0 spiro atoms. The van der Waals surface area contributed by atoms with Crippen LogP contribution in [0, 0.1) is 0 Å². The third-order valence-electron chi connectivity index (χ3n) is 2.83. The Morgan fingerprint density at radius 1 is 1.32 bits per heavy atom. The zero-order chi connectivity index (χ0) is 13.7. The van der Waals surface area contributed by atoms with E-state index in [9.17, 15) is 4.79 Å². The summed E-state index contributed by atoms with van der Waals surface area (Å²) in [5.74, 6) is 0.705. The lowest BCUT2D eigenvalue weighted by Crippen LogP contribution is -1.99. The molecular formula is C15H16N2O2. The van der Waals surface area contributed by atoms with E-state index in [1.165, 1.54) is 0 Å². The molecule has 4 nitrogen and oxygen atoms in total. The van der Waals surface area contributed by atoms with Crippen LogP contribution in [-0.2, 0) is 6.54 Å². The highest BCUT2D eigenvalue weighted by atomic mass is 16.5. The molecule has 2 rings (SSSR count). The second kappa shape index (κ2) is 6.00.